The molecule has 0 spiro atoms. The molecule has 0 aromatic carbocycles. The topological polar surface area (TPSA) is 66.3 Å². The van der Waals surface area contributed by atoms with E-state index < -0.39 is 11.4 Å². The number of rotatable bonds is 2. The van der Waals surface area contributed by atoms with Gasteiger partial charge < -0.3 is 10.0 Å². The Labute approximate surface area is 144 Å². The molecule has 6 heteroatoms. The first-order valence-electron chi connectivity index (χ1n) is 8.93. The van der Waals surface area contributed by atoms with Crippen LogP contribution in [0.25, 0.3) is 10.2 Å². The van der Waals surface area contributed by atoms with Crippen LogP contribution < -0.4 is 4.90 Å². The predicted molar refractivity (Wildman–Crippen MR) is 93.7 cm³/mol. The highest BCUT2D eigenvalue weighted by Crippen LogP contribution is 2.51. The third-order valence-corrected chi connectivity index (χ3v) is 7.53. The maximum atomic E-state index is 12.0. The van der Waals surface area contributed by atoms with Crippen molar-refractivity contribution in [3.05, 3.63) is 16.8 Å². The summed E-state index contributed by atoms with van der Waals surface area (Å²) >= 11 is 1.81. The molecule has 2 fully saturated rings. The Morgan fingerprint density at radius 1 is 1.29 bits per heavy atom. The van der Waals surface area contributed by atoms with Crippen LogP contribution >= 0.6 is 11.3 Å². The Morgan fingerprint density at radius 2 is 2.17 bits per heavy atom. The summed E-state index contributed by atoms with van der Waals surface area (Å²) in [6.07, 6.45) is 9.27. The van der Waals surface area contributed by atoms with Crippen LogP contribution in [0.2, 0.25) is 0 Å². The van der Waals surface area contributed by atoms with Crippen molar-refractivity contribution in [3.63, 3.8) is 0 Å². The molecule has 5 rings (SSSR count). The van der Waals surface area contributed by atoms with Gasteiger partial charge in [0.1, 0.15) is 17.0 Å². The van der Waals surface area contributed by atoms with Crippen molar-refractivity contribution < 1.29 is 9.90 Å². The largest absolute Gasteiger partial charge is 0.481 e. The molecule has 2 aromatic heterocycles. The van der Waals surface area contributed by atoms with Crippen LogP contribution in [0.5, 0.6) is 0 Å². The van der Waals surface area contributed by atoms with E-state index in [2.05, 4.69) is 14.9 Å². The first-order valence-corrected chi connectivity index (χ1v) is 9.74. The van der Waals surface area contributed by atoms with E-state index in [1.807, 2.05) is 0 Å². The lowest BCUT2D eigenvalue weighted by Gasteiger charge is -2.24. The fraction of sp³-hybridized carbons (Fsp3) is 0.611. The predicted octanol–water partition coefficient (Wildman–Crippen LogP) is 3.26. The highest BCUT2D eigenvalue weighted by atomic mass is 32.1. The molecule has 24 heavy (non-hydrogen) atoms. The summed E-state index contributed by atoms with van der Waals surface area (Å²) in [6.45, 7) is 1.42. The monoisotopic (exact) mass is 343 g/mol. The van der Waals surface area contributed by atoms with Gasteiger partial charge in [-0.25, -0.2) is 9.97 Å². The molecule has 2 aliphatic carbocycles. The van der Waals surface area contributed by atoms with Crippen LogP contribution in [0.4, 0.5) is 5.82 Å². The number of carboxylic acids is 1. The van der Waals surface area contributed by atoms with Gasteiger partial charge in [0.15, 0.2) is 0 Å². The minimum Gasteiger partial charge on any atom is -0.481 e. The van der Waals surface area contributed by atoms with Crippen molar-refractivity contribution in [2.75, 3.05) is 18.0 Å². The number of nitrogens with zero attached hydrogens (tertiary/aromatic N) is 3. The quantitative estimate of drug-likeness (QED) is 0.906. The zero-order valence-corrected chi connectivity index (χ0v) is 14.4. The Bertz CT molecular complexity index is 833. The molecule has 1 N–H and O–H groups in total. The minimum absolute atomic E-state index is 0.259. The number of anilines is 1. The van der Waals surface area contributed by atoms with E-state index in [1.165, 1.54) is 28.7 Å². The summed E-state index contributed by atoms with van der Waals surface area (Å²) < 4.78 is 0. The van der Waals surface area contributed by atoms with Gasteiger partial charge in [0.25, 0.3) is 0 Å². The molecule has 2 atom stereocenters. The molecule has 0 unspecified atom stereocenters. The average Bonchev–Trinajstić information content (AvgIpc) is 3.24. The summed E-state index contributed by atoms with van der Waals surface area (Å²) in [5.74, 6) is 0.619. The van der Waals surface area contributed by atoms with Crippen LogP contribution in [0.15, 0.2) is 6.33 Å². The zero-order chi connectivity index (χ0) is 16.3. The highest BCUT2D eigenvalue weighted by molar-refractivity contribution is 7.19. The molecule has 2 aromatic rings. The third kappa shape index (κ3) is 1.89. The van der Waals surface area contributed by atoms with Gasteiger partial charge in [-0.2, -0.15) is 0 Å². The lowest BCUT2D eigenvalue weighted by Crippen LogP contribution is -2.35. The van der Waals surface area contributed by atoms with Gasteiger partial charge in [-0.05, 0) is 50.0 Å². The second kappa shape index (κ2) is 5.15. The van der Waals surface area contributed by atoms with Gasteiger partial charge in [-0.1, -0.05) is 6.42 Å². The molecule has 3 heterocycles. The molecular formula is C18H21N3O2S. The van der Waals surface area contributed by atoms with E-state index in [4.69, 9.17) is 0 Å². The second-order valence-corrected chi connectivity index (χ2v) is 8.60. The van der Waals surface area contributed by atoms with Crippen LogP contribution in [0.1, 0.15) is 42.5 Å². The second-order valence-electron chi connectivity index (χ2n) is 7.52. The van der Waals surface area contributed by atoms with Gasteiger partial charge in [-0.15, -0.1) is 11.3 Å². The summed E-state index contributed by atoms with van der Waals surface area (Å²) in [6, 6.07) is 0. The van der Waals surface area contributed by atoms with Crippen molar-refractivity contribution in [2.45, 2.75) is 44.9 Å². The number of aromatic nitrogens is 2. The summed E-state index contributed by atoms with van der Waals surface area (Å²) in [4.78, 5) is 25.9. The molecule has 0 amide bonds. The average molecular weight is 343 g/mol. The summed E-state index contributed by atoms with van der Waals surface area (Å²) in [7, 11) is 0. The van der Waals surface area contributed by atoms with E-state index in [1.54, 1.807) is 17.7 Å². The number of carboxylic acid groups (broad SMARTS) is 1. The van der Waals surface area contributed by atoms with E-state index in [9.17, 15) is 9.90 Å². The number of thiophene rings is 1. The molecule has 0 bridgehead atoms. The smallest absolute Gasteiger partial charge is 0.311 e. The Kier molecular flexibility index (Phi) is 3.14. The molecule has 3 aliphatic rings. The van der Waals surface area contributed by atoms with Gasteiger partial charge >= 0.3 is 5.97 Å². The first kappa shape index (κ1) is 14.6. The Hall–Kier alpha value is -1.69. The fourth-order valence-electron chi connectivity index (χ4n) is 5.11. The van der Waals surface area contributed by atoms with Crippen molar-refractivity contribution >= 4 is 33.3 Å². The number of hydrogen-bond acceptors (Lipinski definition) is 5. The number of aryl methyl sites for hydroxylation is 2. The zero-order valence-electron chi connectivity index (χ0n) is 13.6. The molecule has 126 valence electrons. The summed E-state index contributed by atoms with van der Waals surface area (Å²) in [5, 5.41) is 11.1. The third-order valence-electron chi connectivity index (χ3n) is 6.33. The van der Waals surface area contributed by atoms with Crippen LogP contribution in [-0.4, -0.2) is 34.1 Å². The lowest BCUT2D eigenvalue weighted by atomic mass is 9.81. The molecule has 0 radical (unpaired) electrons. The van der Waals surface area contributed by atoms with E-state index in [0.29, 0.717) is 6.54 Å². The first-order chi connectivity index (χ1) is 11.7. The maximum Gasteiger partial charge on any atom is 0.311 e. The van der Waals surface area contributed by atoms with Crippen molar-refractivity contribution in [3.8, 4) is 0 Å². The lowest BCUT2D eigenvalue weighted by molar-refractivity contribution is -0.149. The SMILES string of the molecule is O=C(O)[C@@]12CCC[C@H]1CN(c1ncnc3sc4c(c13)CCCC4)C2. The number of fused-ring (bicyclic) bond motifs is 4. The molecule has 1 aliphatic heterocycles. The fourth-order valence-corrected chi connectivity index (χ4v) is 6.34. The van der Waals surface area contributed by atoms with E-state index >= 15 is 0 Å². The van der Waals surface area contributed by atoms with E-state index in [-0.39, 0.29) is 5.92 Å². The molecule has 1 saturated heterocycles. The van der Waals surface area contributed by atoms with Crippen molar-refractivity contribution in [1.29, 1.82) is 0 Å². The van der Waals surface area contributed by atoms with Gasteiger partial charge in [0, 0.05) is 18.0 Å². The normalized spacial score (nSPS) is 29.0. The van der Waals surface area contributed by atoms with Gasteiger partial charge in [-0.3, -0.25) is 4.79 Å². The maximum absolute atomic E-state index is 12.0. The number of hydrogen-bond donors (Lipinski definition) is 1. The minimum atomic E-state index is -0.620. The van der Waals surface area contributed by atoms with Crippen LogP contribution in [0, 0.1) is 11.3 Å². The Balaban J connectivity index is 1.61. The van der Waals surface area contributed by atoms with Gasteiger partial charge in [0.05, 0.1) is 10.8 Å². The summed E-state index contributed by atoms with van der Waals surface area (Å²) in [5.41, 5.74) is 0.867. The molecular weight excluding hydrogens is 322 g/mol. The highest BCUT2D eigenvalue weighted by Gasteiger charge is 2.55. The Morgan fingerprint density at radius 3 is 3.00 bits per heavy atom. The van der Waals surface area contributed by atoms with Crippen LogP contribution in [0.3, 0.4) is 0 Å². The molecule has 1 saturated carbocycles. The van der Waals surface area contributed by atoms with Gasteiger partial charge in [0.2, 0.25) is 0 Å². The van der Waals surface area contributed by atoms with E-state index in [0.717, 1.165) is 49.3 Å². The van der Waals surface area contributed by atoms with Crippen molar-refractivity contribution in [2.24, 2.45) is 11.3 Å². The number of aliphatic carboxylic acids is 1. The number of carbonyl (C=O) groups is 1. The van der Waals surface area contributed by atoms with Crippen LogP contribution in [-0.2, 0) is 17.6 Å². The standard InChI is InChI=1S/C18H21N3O2S/c22-17(23)18-7-3-4-11(18)8-21(9-18)15-14-12-5-1-2-6-13(12)24-16(14)20-10-19-15/h10-11H,1-9H2,(H,22,23)/t11-,18+/m0/s1. The van der Waals surface area contributed by atoms with Crippen molar-refractivity contribution in [1.82, 2.24) is 9.97 Å². The molecule has 5 nitrogen and oxygen atoms in total.